The zero-order valence-electron chi connectivity index (χ0n) is 17.7. The number of hydrogen-bond acceptors (Lipinski definition) is 4. The van der Waals surface area contributed by atoms with Crippen molar-refractivity contribution in [3.05, 3.63) is 29.8 Å². The molecule has 2 amide bonds. The maximum Gasteiger partial charge on any atom is 0.259 e. The van der Waals surface area contributed by atoms with Gasteiger partial charge in [0.05, 0.1) is 6.54 Å². The number of ether oxygens (including phenoxy) is 1. The fraction of sp³-hybridized carbons (Fsp3) is 0.550. The highest BCUT2D eigenvalue weighted by molar-refractivity contribution is 14.0. The first-order chi connectivity index (χ1) is 13.4. The van der Waals surface area contributed by atoms with Crippen molar-refractivity contribution in [2.45, 2.75) is 20.4 Å². The molecule has 1 saturated heterocycles. The molecule has 2 rings (SSSR count). The second kappa shape index (κ2) is 12.5. The number of piperazine rings is 1. The van der Waals surface area contributed by atoms with E-state index in [0.29, 0.717) is 25.4 Å². The highest BCUT2D eigenvalue weighted by Crippen LogP contribution is 2.14. The summed E-state index contributed by atoms with van der Waals surface area (Å²) < 4.78 is 5.57. The normalized spacial score (nSPS) is 14.1. The van der Waals surface area contributed by atoms with Gasteiger partial charge < -0.3 is 24.8 Å². The van der Waals surface area contributed by atoms with E-state index in [1.807, 2.05) is 36.1 Å². The zero-order valence-corrected chi connectivity index (χ0v) is 20.0. The Morgan fingerprint density at radius 2 is 1.83 bits per heavy atom. The van der Waals surface area contributed by atoms with Gasteiger partial charge in [-0.15, -0.1) is 24.0 Å². The lowest BCUT2D eigenvalue weighted by molar-refractivity contribution is -0.131. The van der Waals surface area contributed by atoms with Crippen LogP contribution in [0.4, 0.5) is 0 Å². The second-order valence-corrected chi connectivity index (χ2v) is 6.89. The standard InChI is InChI=1S/C20H31N5O3.HI/c1-5-21-20(25-11-9-24(10-12-25)16(2)26)22-14-17-7-6-8-18(13-17)28-15-19(27)23(3)4;/h6-8,13H,5,9-12,14-15H2,1-4H3,(H,21,22);1H. The first-order valence-corrected chi connectivity index (χ1v) is 9.61. The lowest BCUT2D eigenvalue weighted by Gasteiger charge is -2.36. The summed E-state index contributed by atoms with van der Waals surface area (Å²) in [5.74, 6) is 1.54. The van der Waals surface area contributed by atoms with E-state index < -0.39 is 0 Å². The third kappa shape index (κ3) is 8.08. The molecular formula is C20H32IN5O3. The van der Waals surface area contributed by atoms with Crippen LogP contribution in [0.25, 0.3) is 0 Å². The smallest absolute Gasteiger partial charge is 0.259 e. The number of guanidine groups is 1. The predicted molar refractivity (Wildman–Crippen MR) is 125 cm³/mol. The molecule has 1 aromatic carbocycles. The Bertz CT molecular complexity index is 703. The first-order valence-electron chi connectivity index (χ1n) is 9.61. The Morgan fingerprint density at radius 1 is 1.17 bits per heavy atom. The third-order valence-corrected chi connectivity index (χ3v) is 4.53. The van der Waals surface area contributed by atoms with Crippen molar-refractivity contribution in [2.24, 2.45) is 4.99 Å². The Kier molecular flexibility index (Phi) is 10.8. The molecule has 0 bridgehead atoms. The van der Waals surface area contributed by atoms with E-state index in [1.165, 1.54) is 4.90 Å². The molecule has 1 N–H and O–H groups in total. The fourth-order valence-corrected chi connectivity index (χ4v) is 2.83. The van der Waals surface area contributed by atoms with Crippen LogP contribution in [0, 0.1) is 0 Å². The Balaban J connectivity index is 0.00000420. The minimum absolute atomic E-state index is 0. The van der Waals surface area contributed by atoms with E-state index in [4.69, 9.17) is 9.73 Å². The zero-order chi connectivity index (χ0) is 20.5. The summed E-state index contributed by atoms with van der Waals surface area (Å²) in [6, 6.07) is 7.63. The van der Waals surface area contributed by atoms with Crippen molar-refractivity contribution in [1.29, 1.82) is 0 Å². The monoisotopic (exact) mass is 517 g/mol. The van der Waals surface area contributed by atoms with E-state index in [-0.39, 0.29) is 42.4 Å². The van der Waals surface area contributed by atoms with Crippen LogP contribution in [0.1, 0.15) is 19.4 Å². The molecule has 0 atom stereocenters. The lowest BCUT2D eigenvalue weighted by Crippen LogP contribution is -2.53. The molecule has 1 aliphatic heterocycles. The molecule has 0 radical (unpaired) electrons. The SMILES string of the molecule is CCNC(=NCc1cccc(OCC(=O)N(C)C)c1)N1CCN(C(C)=O)CC1.I. The molecule has 1 aliphatic rings. The average Bonchev–Trinajstić information content (AvgIpc) is 2.69. The predicted octanol–water partition coefficient (Wildman–Crippen LogP) is 1.40. The second-order valence-electron chi connectivity index (χ2n) is 6.89. The van der Waals surface area contributed by atoms with Gasteiger partial charge in [0.25, 0.3) is 5.91 Å². The molecule has 1 heterocycles. The molecule has 1 fully saturated rings. The van der Waals surface area contributed by atoms with Gasteiger partial charge in [-0.1, -0.05) is 12.1 Å². The summed E-state index contributed by atoms with van der Waals surface area (Å²) in [5, 5.41) is 3.32. The highest BCUT2D eigenvalue weighted by atomic mass is 127. The Morgan fingerprint density at radius 3 is 2.41 bits per heavy atom. The fourth-order valence-electron chi connectivity index (χ4n) is 2.83. The number of carbonyl (C=O) groups excluding carboxylic acids is 2. The van der Waals surface area contributed by atoms with Crippen molar-refractivity contribution in [3.63, 3.8) is 0 Å². The van der Waals surface area contributed by atoms with Crippen LogP contribution in [-0.4, -0.2) is 85.9 Å². The number of benzene rings is 1. The van der Waals surface area contributed by atoms with Gasteiger partial charge in [0, 0.05) is 53.7 Å². The quantitative estimate of drug-likeness (QED) is 0.351. The van der Waals surface area contributed by atoms with Crippen molar-refractivity contribution >= 4 is 41.8 Å². The van der Waals surface area contributed by atoms with Crippen molar-refractivity contribution in [3.8, 4) is 5.75 Å². The van der Waals surface area contributed by atoms with E-state index >= 15 is 0 Å². The van der Waals surface area contributed by atoms with Crippen LogP contribution in [-0.2, 0) is 16.1 Å². The van der Waals surface area contributed by atoms with Gasteiger partial charge in [-0.3, -0.25) is 9.59 Å². The summed E-state index contributed by atoms with van der Waals surface area (Å²) in [4.78, 5) is 33.4. The maximum absolute atomic E-state index is 11.7. The van der Waals surface area contributed by atoms with Crippen molar-refractivity contribution in [2.75, 3.05) is 53.4 Å². The van der Waals surface area contributed by atoms with E-state index in [2.05, 4.69) is 10.2 Å². The Hall–Kier alpha value is -2.04. The molecule has 8 nitrogen and oxygen atoms in total. The molecular weight excluding hydrogens is 485 g/mol. The summed E-state index contributed by atoms with van der Waals surface area (Å²) >= 11 is 0. The van der Waals surface area contributed by atoms with E-state index in [1.54, 1.807) is 21.0 Å². The van der Waals surface area contributed by atoms with Crippen LogP contribution < -0.4 is 10.1 Å². The van der Waals surface area contributed by atoms with Gasteiger partial charge in [0.1, 0.15) is 5.75 Å². The van der Waals surface area contributed by atoms with E-state index in [0.717, 1.165) is 31.2 Å². The molecule has 0 aromatic heterocycles. The molecule has 0 saturated carbocycles. The number of aliphatic imine (C=N–C) groups is 1. The maximum atomic E-state index is 11.7. The number of carbonyl (C=O) groups is 2. The molecule has 9 heteroatoms. The van der Waals surface area contributed by atoms with Crippen LogP contribution in [0.2, 0.25) is 0 Å². The van der Waals surface area contributed by atoms with Gasteiger partial charge in [-0.2, -0.15) is 0 Å². The summed E-state index contributed by atoms with van der Waals surface area (Å²) in [6.45, 7) is 7.90. The van der Waals surface area contributed by atoms with Gasteiger partial charge in [-0.05, 0) is 24.6 Å². The van der Waals surface area contributed by atoms with Crippen LogP contribution in [0.3, 0.4) is 0 Å². The van der Waals surface area contributed by atoms with Crippen LogP contribution in [0.15, 0.2) is 29.3 Å². The van der Waals surface area contributed by atoms with Crippen molar-refractivity contribution in [1.82, 2.24) is 20.0 Å². The van der Waals surface area contributed by atoms with Gasteiger partial charge in [-0.25, -0.2) is 4.99 Å². The lowest BCUT2D eigenvalue weighted by atomic mass is 10.2. The number of hydrogen-bond donors (Lipinski definition) is 1. The number of nitrogens with one attached hydrogen (secondary N) is 1. The molecule has 1 aromatic rings. The topological polar surface area (TPSA) is 77.5 Å². The van der Waals surface area contributed by atoms with Crippen molar-refractivity contribution < 1.29 is 14.3 Å². The number of nitrogens with zero attached hydrogens (tertiary/aromatic N) is 4. The third-order valence-electron chi connectivity index (χ3n) is 4.53. The van der Waals surface area contributed by atoms with Gasteiger partial charge in [0.2, 0.25) is 5.91 Å². The largest absolute Gasteiger partial charge is 0.484 e. The minimum Gasteiger partial charge on any atom is -0.484 e. The highest BCUT2D eigenvalue weighted by Gasteiger charge is 2.20. The number of amides is 2. The average molecular weight is 517 g/mol. The van der Waals surface area contributed by atoms with E-state index in [9.17, 15) is 9.59 Å². The summed E-state index contributed by atoms with van der Waals surface area (Å²) in [6.07, 6.45) is 0. The molecule has 162 valence electrons. The summed E-state index contributed by atoms with van der Waals surface area (Å²) in [7, 11) is 3.41. The molecule has 0 aliphatic carbocycles. The van der Waals surface area contributed by atoms with Gasteiger partial charge >= 0.3 is 0 Å². The number of likely N-dealkylation sites (N-methyl/N-ethyl adjacent to an activating group) is 1. The molecule has 29 heavy (non-hydrogen) atoms. The Labute approximate surface area is 190 Å². The summed E-state index contributed by atoms with van der Waals surface area (Å²) in [5.41, 5.74) is 1.01. The molecule has 0 unspecified atom stereocenters. The molecule has 0 spiro atoms. The van der Waals surface area contributed by atoms with Crippen LogP contribution in [0.5, 0.6) is 5.75 Å². The van der Waals surface area contributed by atoms with Gasteiger partial charge in [0.15, 0.2) is 12.6 Å². The minimum atomic E-state index is -0.0810. The van der Waals surface area contributed by atoms with Crippen LogP contribution >= 0.6 is 24.0 Å². The number of rotatable bonds is 6. The first kappa shape index (κ1) is 25.0. The number of halogens is 1.